The Hall–Kier alpha value is -0.850. The van der Waals surface area contributed by atoms with Gasteiger partial charge >= 0.3 is 0 Å². The summed E-state index contributed by atoms with van der Waals surface area (Å²) < 4.78 is 33.0. The molecule has 2 fully saturated rings. The second-order valence-electron chi connectivity index (χ2n) is 6.58. The highest BCUT2D eigenvalue weighted by molar-refractivity contribution is 7.89. The summed E-state index contributed by atoms with van der Waals surface area (Å²) in [6, 6.07) is 2.22. The maximum atomic E-state index is 12.8. The van der Waals surface area contributed by atoms with Gasteiger partial charge in [0, 0.05) is 24.7 Å². The van der Waals surface area contributed by atoms with Crippen LogP contribution in [0.2, 0.25) is 0 Å². The minimum Gasteiger partial charge on any atom is -0.464 e. The average molecular weight is 312 g/mol. The first-order chi connectivity index (χ1) is 9.88. The van der Waals surface area contributed by atoms with Crippen LogP contribution in [0.1, 0.15) is 44.6 Å². The van der Waals surface area contributed by atoms with Crippen LogP contribution in [0.15, 0.2) is 15.4 Å². The summed E-state index contributed by atoms with van der Waals surface area (Å²) in [5.74, 6) is 1.74. The molecule has 118 valence electrons. The van der Waals surface area contributed by atoms with Crippen LogP contribution in [-0.4, -0.2) is 31.4 Å². The van der Waals surface area contributed by atoms with Crippen molar-refractivity contribution < 1.29 is 12.8 Å². The first-order valence-corrected chi connectivity index (χ1v) is 9.16. The van der Waals surface area contributed by atoms with Crippen molar-refractivity contribution in [1.29, 1.82) is 0 Å². The van der Waals surface area contributed by atoms with Gasteiger partial charge in [-0.1, -0.05) is 13.8 Å². The molecule has 2 unspecified atom stereocenters. The average Bonchev–Trinajstić information content (AvgIpc) is 3.10. The van der Waals surface area contributed by atoms with Crippen LogP contribution in [0.25, 0.3) is 0 Å². The van der Waals surface area contributed by atoms with E-state index < -0.39 is 10.0 Å². The highest BCUT2D eigenvalue weighted by Crippen LogP contribution is 2.41. The van der Waals surface area contributed by atoms with Crippen molar-refractivity contribution in [3.8, 4) is 0 Å². The summed E-state index contributed by atoms with van der Waals surface area (Å²) in [6.45, 7) is 7.07. The van der Waals surface area contributed by atoms with Crippen molar-refractivity contribution in [3.63, 3.8) is 0 Å². The van der Waals surface area contributed by atoms with Gasteiger partial charge in [0.2, 0.25) is 10.0 Å². The smallest absolute Gasteiger partial charge is 0.246 e. The molecular weight excluding hydrogens is 288 g/mol. The normalized spacial score (nSPS) is 26.1. The molecule has 2 atom stereocenters. The number of rotatable bonds is 5. The molecular formula is C15H24N2O3S. The number of aryl methyl sites for hydroxylation is 1. The van der Waals surface area contributed by atoms with E-state index in [2.05, 4.69) is 19.2 Å². The topological polar surface area (TPSA) is 62.6 Å². The molecule has 6 heteroatoms. The molecule has 0 amide bonds. The predicted octanol–water partition coefficient (Wildman–Crippen LogP) is 2.26. The summed E-state index contributed by atoms with van der Waals surface area (Å²) in [5.41, 5.74) is 0. The lowest BCUT2D eigenvalue weighted by atomic mass is 10.1. The van der Waals surface area contributed by atoms with E-state index in [9.17, 15) is 8.42 Å². The molecule has 2 heterocycles. The Morgan fingerprint density at radius 2 is 2.19 bits per heavy atom. The summed E-state index contributed by atoms with van der Waals surface area (Å²) >= 11 is 0. The van der Waals surface area contributed by atoms with Gasteiger partial charge in [-0.2, -0.15) is 4.31 Å². The second-order valence-corrected chi connectivity index (χ2v) is 8.44. The molecule has 0 radical (unpaired) electrons. The quantitative estimate of drug-likeness (QED) is 0.906. The number of sulfonamides is 1. The molecule has 0 spiro atoms. The Kier molecular flexibility index (Phi) is 3.88. The molecule has 2 aliphatic rings. The number of hydrogen-bond donors (Lipinski definition) is 1. The van der Waals surface area contributed by atoms with Crippen LogP contribution in [0.5, 0.6) is 0 Å². The molecule has 0 aromatic carbocycles. The Balaban J connectivity index is 1.82. The second kappa shape index (κ2) is 5.41. The zero-order chi connectivity index (χ0) is 15.2. The van der Waals surface area contributed by atoms with Crippen molar-refractivity contribution in [2.24, 2.45) is 5.92 Å². The van der Waals surface area contributed by atoms with Crippen molar-refractivity contribution >= 4 is 10.0 Å². The van der Waals surface area contributed by atoms with E-state index in [1.165, 1.54) is 6.42 Å². The standard InChI is InChI=1S/C15H24N2O3S/c1-10(2)16-8-14-7-15(11(3)20-14)21(18,19)17-9-12-4-5-13(17)6-12/h7,10,12-13,16H,4-6,8-9H2,1-3H3. The van der Waals surface area contributed by atoms with E-state index >= 15 is 0 Å². The van der Waals surface area contributed by atoms with Gasteiger partial charge in [-0.15, -0.1) is 0 Å². The molecule has 1 saturated carbocycles. The number of fused-ring (bicyclic) bond motifs is 2. The van der Waals surface area contributed by atoms with E-state index in [1.54, 1.807) is 17.3 Å². The lowest BCUT2D eigenvalue weighted by molar-refractivity contribution is 0.332. The highest BCUT2D eigenvalue weighted by atomic mass is 32.2. The predicted molar refractivity (Wildman–Crippen MR) is 80.4 cm³/mol. The van der Waals surface area contributed by atoms with E-state index in [4.69, 9.17) is 4.42 Å². The van der Waals surface area contributed by atoms with Crippen LogP contribution in [0, 0.1) is 12.8 Å². The van der Waals surface area contributed by atoms with Gasteiger partial charge in [-0.25, -0.2) is 8.42 Å². The highest BCUT2D eigenvalue weighted by Gasteiger charge is 2.45. The molecule has 3 rings (SSSR count). The fourth-order valence-electron chi connectivity index (χ4n) is 3.47. The lowest BCUT2D eigenvalue weighted by Gasteiger charge is -2.25. The minimum absolute atomic E-state index is 0.200. The molecule has 1 aromatic rings. The maximum absolute atomic E-state index is 12.8. The first kappa shape index (κ1) is 15.1. The number of piperidine rings is 1. The summed E-state index contributed by atoms with van der Waals surface area (Å²) in [5, 5.41) is 3.25. The Bertz CT molecular complexity index is 621. The number of nitrogens with zero attached hydrogens (tertiary/aromatic N) is 1. The Morgan fingerprint density at radius 3 is 2.76 bits per heavy atom. The van der Waals surface area contributed by atoms with Crippen LogP contribution in [-0.2, 0) is 16.6 Å². The van der Waals surface area contributed by atoms with Gasteiger partial charge in [-0.05, 0) is 32.1 Å². The Labute approximate surface area is 126 Å². The summed E-state index contributed by atoms with van der Waals surface area (Å²) in [6.07, 6.45) is 3.20. The first-order valence-electron chi connectivity index (χ1n) is 7.72. The zero-order valence-corrected chi connectivity index (χ0v) is 13.7. The molecule has 1 aliphatic heterocycles. The van der Waals surface area contributed by atoms with Gasteiger partial charge in [0.15, 0.2) is 0 Å². The minimum atomic E-state index is -3.41. The third-order valence-corrected chi connectivity index (χ3v) is 6.58. The third-order valence-electron chi connectivity index (χ3n) is 4.55. The molecule has 1 aromatic heterocycles. The Morgan fingerprint density at radius 1 is 1.43 bits per heavy atom. The molecule has 1 N–H and O–H groups in total. The lowest BCUT2D eigenvalue weighted by Crippen LogP contribution is -2.37. The number of nitrogens with one attached hydrogen (secondary N) is 1. The zero-order valence-electron chi connectivity index (χ0n) is 12.9. The van der Waals surface area contributed by atoms with E-state index in [0.29, 0.717) is 41.5 Å². The van der Waals surface area contributed by atoms with Gasteiger partial charge < -0.3 is 9.73 Å². The van der Waals surface area contributed by atoms with Crippen molar-refractivity contribution in [2.75, 3.05) is 6.54 Å². The van der Waals surface area contributed by atoms with E-state index in [0.717, 1.165) is 12.8 Å². The SMILES string of the molecule is Cc1oc(CNC(C)C)cc1S(=O)(=O)N1CC2CCC1C2. The molecule has 1 aliphatic carbocycles. The number of hydrogen-bond acceptors (Lipinski definition) is 4. The molecule has 2 bridgehead atoms. The largest absolute Gasteiger partial charge is 0.464 e. The van der Waals surface area contributed by atoms with Crippen LogP contribution >= 0.6 is 0 Å². The molecule has 1 saturated heterocycles. The summed E-state index contributed by atoms with van der Waals surface area (Å²) in [7, 11) is -3.41. The van der Waals surface area contributed by atoms with Crippen LogP contribution in [0.3, 0.4) is 0 Å². The van der Waals surface area contributed by atoms with Crippen molar-refractivity contribution in [3.05, 3.63) is 17.6 Å². The monoisotopic (exact) mass is 312 g/mol. The van der Waals surface area contributed by atoms with Gasteiger partial charge in [0.05, 0.1) is 6.54 Å². The van der Waals surface area contributed by atoms with Gasteiger partial charge in [0.25, 0.3) is 0 Å². The number of furan rings is 1. The van der Waals surface area contributed by atoms with Gasteiger partial charge in [0.1, 0.15) is 16.4 Å². The fourth-order valence-corrected chi connectivity index (χ4v) is 5.40. The maximum Gasteiger partial charge on any atom is 0.246 e. The fraction of sp³-hybridized carbons (Fsp3) is 0.733. The van der Waals surface area contributed by atoms with Crippen molar-refractivity contribution in [2.45, 2.75) is 63.6 Å². The summed E-state index contributed by atoms with van der Waals surface area (Å²) in [4.78, 5) is 0.343. The van der Waals surface area contributed by atoms with E-state index in [1.807, 2.05) is 0 Å². The molecule has 21 heavy (non-hydrogen) atoms. The van der Waals surface area contributed by atoms with Crippen molar-refractivity contribution in [1.82, 2.24) is 9.62 Å². The third kappa shape index (κ3) is 2.76. The van der Waals surface area contributed by atoms with E-state index in [-0.39, 0.29) is 6.04 Å². The van der Waals surface area contributed by atoms with Crippen LogP contribution < -0.4 is 5.32 Å². The van der Waals surface area contributed by atoms with Crippen LogP contribution in [0.4, 0.5) is 0 Å². The molecule has 5 nitrogen and oxygen atoms in total. The van der Waals surface area contributed by atoms with Gasteiger partial charge in [-0.3, -0.25) is 0 Å².